The Morgan fingerprint density at radius 3 is 2.95 bits per heavy atom. The third-order valence-electron chi connectivity index (χ3n) is 2.73. The quantitative estimate of drug-likeness (QED) is 0.619. The Kier molecular flexibility index (Phi) is 3.01. The molecular formula is C15H11NO2S. The highest BCUT2D eigenvalue weighted by molar-refractivity contribution is 7.08. The second-order valence-corrected chi connectivity index (χ2v) is 5.04. The Hall–Kier alpha value is -2.20. The highest BCUT2D eigenvalue weighted by Crippen LogP contribution is 2.20. The second-order valence-electron chi connectivity index (χ2n) is 4.26. The van der Waals surface area contributed by atoms with Gasteiger partial charge in [-0.05, 0) is 47.5 Å². The molecule has 94 valence electrons. The number of carbonyl (C=O) groups excluding carboxylic acids is 1. The summed E-state index contributed by atoms with van der Waals surface area (Å²) in [5, 5.41) is 3.91. The first-order chi connectivity index (χ1) is 9.22. The van der Waals surface area contributed by atoms with E-state index in [1.807, 2.05) is 48.0 Å². The zero-order valence-corrected chi connectivity index (χ0v) is 11.1. The Bertz CT molecular complexity index is 684. The van der Waals surface area contributed by atoms with Crippen LogP contribution in [0.25, 0.3) is 6.08 Å². The summed E-state index contributed by atoms with van der Waals surface area (Å²) in [6, 6.07) is 9.67. The number of rotatable bonds is 2. The van der Waals surface area contributed by atoms with Gasteiger partial charge in [0.25, 0.3) is 0 Å². The standard InChI is InChI=1S/C15H11NO2S/c1-10-3-2-4-12(7-10)14-16-13(15(17)18-14)8-11-5-6-19-9-11/h2-9H,1H3/b13-8-. The predicted molar refractivity (Wildman–Crippen MR) is 76.1 cm³/mol. The number of aryl methyl sites for hydroxylation is 1. The van der Waals surface area contributed by atoms with E-state index >= 15 is 0 Å². The molecule has 2 aromatic rings. The van der Waals surface area contributed by atoms with Gasteiger partial charge in [-0.1, -0.05) is 17.7 Å². The Morgan fingerprint density at radius 2 is 2.21 bits per heavy atom. The van der Waals surface area contributed by atoms with Crippen molar-refractivity contribution >= 4 is 29.3 Å². The van der Waals surface area contributed by atoms with Crippen LogP contribution in [0.5, 0.6) is 0 Å². The molecular weight excluding hydrogens is 258 g/mol. The summed E-state index contributed by atoms with van der Waals surface area (Å²) in [4.78, 5) is 16.0. The summed E-state index contributed by atoms with van der Waals surface area (Å²) >= 11 is 1.58. The molecule has 0 radical (unpaired) electrons. The van der Waals surface area contributed by atoms with E-state index in [-0.39, 0.29) is 0 Å². The van der Waals surface area contributed by atoms with Gasteiger partial charge in [0.15, 0.2) is 5.70 Å². The zero-order valence-electron chi connectivity index (χ0n) is 10.3. The highest BCUT2D eigenvalue weighted by atomic mass is 32.1. The molecule has 0 fully saturated rings. The molecule has 19 heavy (non-hydrogen) atoms. The van der Waals surface area contributed by atoms with Crippen LogP contribution in [0.4, 0.5) is 0 Å². The molecule has 4 heteroatoms. The summed E-state index contributed by atoms with van der Waals surface area (Å²) in [6.45, 7) is 1.99. The van der Waals surface area contributed by atoms with Gasteiger partial charge in [0.05, 0.1) is 0 Å². The number of thiophene rings is 1. The lowest BCUT2D eigenvalue weighted by atomic mass is 10.1. The molecule has 0 unspecified atom stereocenters. The monoisotopic (exact) mass is 269 g/mol. The van der Waals surface area contributed by atoms with Crippen molar-refractivity contribution in [3.05, 3.63) is 63.5 Å². The van der Waals surface area contributed by atoms with E-state index in [1.54, 1.807) is 17.4 Å². The average molecular weight is 269 g/mol. The van der Waals surface area contributed by atoms with Crippen molar-refractivity contribution in [2.45, 2.75) is 6.92 Å². The van der Waals surface area contributed by atoms with Crippen molar-refractivity contribution in [3.63, 3.8) is 0 Å². The van der Waals surface area contributed by atoms with Gasteiger partial charge in [-0.3, -0.25) is 0 Å². The third kappa shape index (κ3) is 2.48. The zero-order chi connectivity index (χ0) is 13.2. The van der Waals surface area contributed by atoms with Crippen LogP contribution in [-0.2, 0) is 9.53 Å². The van der Waals surface area contributed by atoms with Gasteiger partial charge in [-0.15, -0.1) is 0 Å². The first kappa shape index (κ1) is 11.9. The number of hydrogen-bond donors (Lipinski definition) is 0. The first-order valence-electron chi connectivity index (χ1n) is 5.84. The number of hydrogen-bond acceptors (Lipinski definition) is 4. The minimum atomic E-state index is -0.400. The van der Waals surface area contributed by atoms with Gasteiger partial charge in [-0.25, -0.2) is 9.79 Å². The molecule has 3 rings (SSSR count). The lowest BCUT2D eigenvalue weighted by molar-refractivity contribution is -0.129. The highest BCUT2D eigenvalue weighted by Gasteiger charge is 2.24. The lowest BCUT2D eigenvalue weighted by Gasteiger charge is -1.99. The van der Waals surface area contributed by atoms with E-state index in [2.05, 4.69) is 4.99 Å². The van der Waals surface area contributed by atoms with Gasteiger partial charge in [0.2, 0.25) is 5.90 Å². The van der Waals surface area contributed by atoms with E-state index in [0.29, 0.717) is 11.6 Å². The molecule has 0 spiro atoms. The van der Waals surface area contributed by atoms with Crippen molar-refractivity contribution in [2.24, 2.45) is 4.99 Å². The van der Waals surface area contributed by atoms with Crippen molar-refractivity contribution in [3.8, 4) is 0 Å². The van der Waals surface area contributed by atoms with Gasteiger partial charge in [0.1, 0.15) is 0 Å². The summed E-state index contributed by atoms with van der Waals surface area (Å²) in [6.07, 6.45) is 1.74. The predicted octanol–water partition coefficient (Wildman–Crippen LogP) is 3.40. The number of ether oxygens (including phenoxy) is 1. The Balaban J connectivity index is 1.95. The van der Waals surface area contributed by atoms with E-state index in [1.165, 1.54) is 0 Å². The van der Waals surface area contributed by atoms with Crippen molar-refractivity contribution < 1.29 is 9.53 Å². The smallest absolute Gasteiger partial charge is 0.363 e. The van der Waals surface area contributed by atoms with Crippen LogP contribution in [-0.4, -0.2) is 11.9 Å². The molecule has 3 nitrogen and oxygen atoms in total. The molecule has 1 aliphatic rings. The van der Waals surface area contributed by atoms with Crippen LogP contribution >= 0.6 is 11.3 Å². The molecule has 1 aromatic carbocycles. The van der Waals surface area contributed by atoms with Gasteiger partial charge in [0, 0.05) is 5.56 Å². The number of aliphatic imine (C=N–C) groups is 1. The molecule has 0 bridgehead atoms. The Morgan fingerprint density at radius 1 is 1.32 bits per heavy atom. The van der Waals surface area contributed by atoms with E-state index in [0.717, 1.165) is 16.7 Å². The van der Waals surface area contributed by atoms with Gasteiger partial charge < -0.3 is 4.74 Å². The average Bonchev–Trinajstić information content (AvgIpc) is 3.01. The largest absolute Gasteiger partial charge is 0.402 e. The minimum absolute atomic E-state index is 0.343. The van der Waals surface area contributed by atoms with Crippen molar-refractivity contribution in [1.29, 1.82) is 0 Å². The van der Waals surface area contributed by atoms with E-state index in [9.17, 15) is 4.79 Å². The SMILES string of the molecule is Cc1cccc(C2=N/C(=C\c3ccsc3)C(=O)O2)c1. The van der Waals surface area contributed by atoms with Crippen LogP contribution in [0.2, 0.25) is 0 Å². The molecule has 0 atom stereocenters. The van der Waals surface area contributed by atoms with E-state index < -0.39 is 5.97 Å². The third-order valence-corrected chi connectivity index (χ3v) is 3.43. The summed E-state index contributed by atoms with van der Waals surface area (Å²) < 4.78 is 5.21. The number of carbonyl (C=O) groups is 1. The molecule has 0 amide bonds. The van der Waals surface area contributed by atoms with Crippen molar-refractivity contribution in [2.75, 3.05) is 0 Å². The normalized spacial score (nSPS) is 16.6. The maximum Gasteiger partial charge on any atom is 0.363 e. The molecule has 2 heterocycles. The van der Waals surface area contributed by atoms with Crippen LogP contribution in [0.1, 0.15) is 16.7 Å². The van der Waals surface area contributed by atoms with E-state index in [4.69, 9.17) is 4.74 Å². The van der Waals surface area contributed by atoms with Crippen LogP contribution in [0.3, 0.4) is 0 Å². The fourth-order valence-corrected chi connectivity index (χ4v) is 2.44. The molecule has 1 aliphatic heterocycles. The number of esters is 1. The minimum Gasteiger partial charge on any atom is -0.402 e. The number of cyclic esters (lactones) is 1. The summed E-state index contributed by atoms with van der Waals surface area (Å²) in [5.74, 6) is -0.0297. The van der Waals surface area contributed by atoms with Crippen molar-refractivity contribution in [1.82, 2.24) is 0 Å². The van der Waals surface area contributed by atoms with Crippen LogP contribution < -0.4 is 0 Å². The maximum absolute atomic E-state index is 11.8. The van der Waals surface area contributed by atoms with Crippen LogP contribution in [0.15, 0.2) is 51.8 Å². The maximum atomic E-state index is 11.8. The molecule has 0 aliphatic carbocycles. The fourth-order valence-electron chi connectivity index (χ4n) is 1.83. The first-order valence-corrected chi connectivity index (χ1v) is 6.78. The van der Waals surface area contributed by atoms with Gasteiger partial charge in [-0.2, -0.15) is 11.3 Å². The Labute approximate surface area is 114 Å². The molecule has 0 saturated carbocycles. The fraction of sp³-hybridized carbons (Fsp3) is 0.0667. The topological polar surface area (TPSA) is 38.7 Å². The van der Waals surface area contributed by atoms with Gasteiger partial charge >= 0.3 is 5.97 Å². The summed E-state index contributed by atoms with van der Waals surface area (Å²) in [5.41, 5.74) is 3.23. The molecule has 0 saturated heterocycles. The number of nitrogens with zero attached hydrogens (tertiary/aromatic N) is 1. The summed E-state index contributed by atoms with van der Waals surface area (Å²) in [7, 11) is 0. The van der Waals surface area contributed by atoms with Crippen LogP contribution in [0, 0.1) is 6.92 Å². The molecule has 1 aromatic heterocycles. The number of benzene rings is 1. The second kappa shape index (κ2) is 4.82. The molecule has 0 N–H and O–H groups in total. The lowest BCUT2D eigenvalue weighted by Crippen LogP contribution is -2.05.